The Hall–Kier alpha value is -2.98. The van der Waals surface area contributed by atoms with Crippen LogP contribution in [-0.2, 0) is 0 Å². The average Bonchev–Trinajstić information content (AvgIpc) is 3.20. The third-order valence-electron chi connectivity index (χ3n) is 3.91. The highest BCUT2D eigenvalue weighted by molar-refractivity contribution is 6.37. The molecule has 2 heterocycles. The molecule has 2 N–H and O–H groups in total. The first-order valence-electron chi connectivity index (χ1n) is 7.33. The summed E-state index contributed by atoms with van der Waals surface area (Å²) in [5.74, 6) is -0.353. The minimum absolute atomic E-state index is 0.255. The van der Waals surface area contributed by atoms with Crippen molar-refractivity contribution < 1.29 is 14.3 Å². The van der Waals surface area contributed by atoms with Crippen LogP contribution in [-0.4, -0.2) is 16.1 Å². The fourth-order valence-electron chi connectivity index (χ4n) is 2.68. The molecule has 0 aliphatic rings. The van der Waals surface area contributed by atoms with Gasteiger partial charge in [-0.3, -0.25) is 0 Å². The van der Waals surface area contributed by atoms with Gasteiger partial charge in [0.2, 0.25) is 0 Å². The molecule has 2 aromatic carbocycles. The first-order valence-corrected chi connectivity index (χ1v) is 7.71. The van der Waals surface area contributed by atoms with Crippen molar-refractivity contribution in [1.29, 1.82) is 0 Å². The quantitative estimate of drug-likeness (QED) is 0.522. The van der Waals surface area contributed by atoms with Crippen molar-refractivity contribution in [3.05, 3.63) is 71.2 Å². The van der Waals surface area contributed by atoms with Crippen LogP contribution in [0.5, 0.6) is 0 Å². The first-order chi connectivity index (χ1) is 11.6. The van der Waals surface area contributed by atoms with Crippen LogP contribution in [0.25, 0.3) is 33.7 Å². The lowest BCUT2D eigenvalue weighted by Crippen LogP contribution is -1.94. The lowest BCUT2D eigenvalue weighted by atomic mass is 10.1. The molecule has 4 aromatic rings. The number of carboxylic acids is 1. The van der Waals surface area contributed by atoms with E-state index >= 15 is 0 Å². The summed E-state index contributed by atoms with van der Waals surface area (Å²) in [5, 5.41) is 10.4. The Morgan fingerprint density at radius 1 is 0.958 bits per heavy atom. The van der Waals surface area contributed by atoms with E-state index < -0.39 is 5.97 Å². The van der Waals surface area contributed by atoms with Gasteiger partial charge in [-0.1, -0.05) is 35.9 Å². The van der Waals surface area contributed by atoms with Crippen LogP contribution in [0.4, 0.5) is 0 Å². The van der Waals surface area contributed by atoms with Crippen LogP contribution in [0.3, 0.4) is 0 Å². The number of carboxylic acid groups (broad SMARTS) is 1. The van der Waals surface area contributed by atoms with Crippen molar-refractivity contribution in [2.45, 2.75) is 0 Å². The van der Waals surface area contributed by atoms with Gasteiger partial charge in [-0.05, 0) is 42.0 Å². The van der Waals surface area contributed by atoms with E-state index in [9.17, 15) is 4.79 Å². The number of furan rings is 1. The summed E-state index contributed by atoms with van der Waals surface area (Å²) >= 11 is 6.42. The second kappa shape index (κ2) is 5.58. The highest BCUT2D eigenvalue weighted by Crippen LogP contribution is 2.37. The molecule has 0 atom stereocenters. The van der Waals surface area contributed by atoms with Gasteiger partial charge in [0.15, 0.2) is 5.76 Å². The average molecular weight is 338 g/mol. The third kappa shape index (κ3) is 2.37. The zero-order valence-corrected chi connectivity index (χ0v) is 13.2. The minimum Gasteiger partial charge on any atom is -0.478 e. The van der Waals surface area contributed by atoms with Crippen LogP contribution < -0.4 is 0 Å². The van der Waals surface area contributed by atoms with Crippen molar-refractivity contribution in [3.8, 4) is 22.7 Å². The Balaban J connectivity index is 1.73. The number of fused-ring (bicyclic) bond motifs is 1. The monoisotopic (exact) mass is 337 g/mol. The minimum atomic E-state index is -0.942. The summed E-state index contributed by atoms with van der Waals surface area (Å²) in [5.41, 5.74) is 3.51. The molecular weight excluding hydrogens is 326 g/mol. The molecule has 24 heavy (non-hydrogen) atoms. The molecule has 4 rings (SSSR count). The van der Waals surface area contributed by atoms with Crippen LogP contribution in [0, 0.1) is 0 Å². The molecule has 0 saturated heterocycles. The largest absolute Gasteiger partial charge is 0.478 e. The van der Waals surface area contributed by atoms with Crippen LogP contribution >= 0.6 is 11.6 Å². The number of hydrogen-bond donors (Lipinski definition) is 2. The molecule has 0 radical (unpaired) electrons. The van der Waals surface area contributed by atoms with E-state index in [4.69, 9.17) is 21.1 Å². The van der Waals surface area contributed by atoms with E-state index in [2.05, 4.69) is 4.98 Å². The van der Waals surface area contributed by atoms with Gasteiger partial charge in [0, 0.05) is 11.1 Å². The molecule has 118 valence electrons. The Morgan fingerprint density at radius 3 is 2.38 bits per heavy atom. The highest BCUT2D eigenvalue weighted by Gasteiger charge is 2.15. The van der Waals surface area contributed by atoms with Gasteiger partial charge in [-0.25, -0.2) is 4.79 Å². The maximum Gasteiger partial charge on any atom is 0.335 e. The zero-order valence-electron chi connectivity index (χ0n) is 12.4. The van der Waals surface area contributed by atoms with Gasteiger partial charge in [0.05, 0.1) is 16.3 Å². The summed E-state index contributed by atoms with van der Waals surface area (Å²) in [7, 11) is 0. The molecular formula is C19H12ClNO3. The van der Waals surface area contributed by atoms with E-state index in [-0.39, 0.29) is 5.56 Å². The summed E-state index contributed by atoms with van der Waals surface area (Å²) in [6.07, 6.45) is 0. The predicted octanol–water partition coefficient (Wildman–Crippen LogP) is 5.45. The molecule has 0 bridgehead atoms. The number of carbonyl (C=O) groups is 1. The van der Waals surface area contributed by atoms with Gasteiger partial charge >= 0.3 is 5.97 Å². The number of hydrogen-bond acceptors (Lipinski definition) is 2. The van der Waals surface area contributed by atoms with E-state index in [1.807, 2.05) is 36.4 Å². The molecule has 0 unspecified atom stereocenters. The maximum atomic E-state index is 10.9. The van der Waals surface area contributed by atoms with Gasteiger partial charge < -0.3 is 14.5 Å². The van der Waals surface area contributed by atoms with Crippen molar-refractivity contribution in [2.24, 2.45) is 0 Å². The lowest BCUT2D eigenvalue weighted by molar-refractivity contribution is 0.0697. The van der Waals surface area contributed by atoms with Crippen molar-refractivity contribution in [1.82, 2.24) is 4.98 Å². The van der Waals surface area contributed by atoms with Crippen LogP contribution in [0.2, 0.25) is 5.02 Å². The van der Waals surface area contributed by atoms with Crippen molar-refractivity contribution in [2.75, 3.05) is 0 Å². The zero-order chi connectivity index (χ0) is 16.7. The Labute approximate surface area is 142 Å². The van der Waals surface area contributed by atoms with Crippen molar-refractivity contribution >= 4 is 28.5 Å². The number of halogens is 1. The number of para-hydroxylation sites is 1. The molecule has 5 heteroatoms. The standard InChI is InChI=1S/C19H12ClNO3/c20-17-13-3-1-2-4-16(13)24-18(17)15-10-9-14(21-15)11-5-7-12(8-6-11)19(22)23/h1-10,21H,(H,22,23). The lowest BCUT2D eigenvalue weighted by Gasteiger charge is -2.00. The predicted molar refractivity (Wildman–Crippen MR) is 93.4 cm³/mol. The fourth-order valence-corrected chi connectivity index (χ4v) is 2.97. The first kappa shape index (κ1) is 14.6. The van der Waals surface area contributed by atoms with Crippen LogP contribution in [0.1, 0.15) is 10.4 Å². The maximum absolute atomic E-state index is 10.9. The number of nitrogens with one attached hydrogen (secondary N) is 1. The van der Waals surface area contributed by atoms with Crippen molar-refractivity contribution in [3.63, 3.8) is 0 Å². The molecule has 2 aromatic heterocycles. The smallest absolute Gasteiger partial charge is 0.335 e. The van der Waals surface area contributed by atoms with Gasteiger partial charge in [-0.15, -0.1) is 0 Å². The molecule has 0 spiro atoms. The van der Waals surface area contributed by atoms with E-state index in [1.54, 1.807) is 24.3 Å². The highest BCUT2D eigenvalue weighted by atomic mass is 35.5. The number of aromatic carboxylic acids is 1. The summed E-state index contributed by atoms with van der Waals surface area (Å²) in [4.78, 5) is 14.2. The summed E-state index contributed by atoms with van der Waals surface area (Å²) < 4.78 is 5.84. The summed E-state index contributed by atoms with van der Waals surface area (Å²) in [6.45, 7) is 0. The van der Waals surface area contributed by atoms with E-state index in [0.717, 1.165) is 27.9 Å². The fraction of sp³-hybridized carbons (Fsp3) is 0. The second-order valence-electron chi connectivity index (χ2n) is 5.41. The summed E-state index contributed by atoms with van der Waals surface area (Å²) in [6, 6.07) is 18.1. The molecule has 0 amide bonds. The topological polar surface area (TPSA) is 66.2 Å². The molecule has 0 fully saturated rings. The number of aromatic amines is 1. The molecule has 0 saturated carbocycles. The van der Waals surface area contributed by atoms with Crippen LogP contribution in [0.15, 0.2) is 65.1 Å². The van der Waals surface area contributed by atoms with E-state index in [0.29, 0.717) is 10.8 Å². The van der Waals surface area contributed by atoms with Gasteiger partial charge in [0.25, 0.3) is 0 Å². The third-order valence-corrected chi connectivity index (χ3v) is 4.28. The Morgan fingerprint density at radius 2 is 1.67 bits per heavy atom. The van der Waals surface area contributed by atoms with Gasteiger partial charge in [0.1, 0.15) is 5.58 Å². The number of H-pyrrole nitrogens is 1. The molecule has 0 aliphatic carbocycles. The number of rotatable bonds is 3. The van der Waals surface area contributed by atoms with Gasteiger partial charge in [-0.2, -0.15) is 0 Å². The molecule has 4 nitrogen and oxygen atoms in total. The molecule has 0 aliphatic heterocycles. The normalized spacial score (nSPS) is 11.0. The number of aromatic nitrogens is 1. The number of benzene rings is 2. The Kier molecular flexibility index (Phi) is 3.40. The van der Waals surface area contributed by atoms with E-state index in [1.165, 1.54) is 0 Å². The SMILES string of the molecule is O=C(O)c1ccc(-c2ccc(-c3oc4ccccc4c3Cl)[nH]2)cc1. The second-order valence-corrected chi connectivity index (χ2v) is 5.79. The Bertz CT molecular complexity index is 1040.